The third-order valence-electron chi connectivity index (χ3n) is 6.68. The lowest BCUT2D eigenvalue weighted by atomic mass is 9.89. The van der Waals surface area contributed by atoms with Crippen molar-refractivity contribution < 1.29 is 14.0 Å². The van der Waals surface area contributed by atoms with Crippen LogP contribution in [0.1, 0.15) is 59.8 Å². The topological polar surface area (TPSA) is 52.7 Å². The largest absolute Gasteiger partial charge is 0.367 e. The number of aryl methyl sites for hydroxylation is 2. The number of carbonyl (C=O) groups is 2. The molecule has 1 fully saturated rings. The number of ketones is 1. The Hall–Kier alpha value is -2.73. The van der Waals surface area contributed by atoms with E-state index in [0.717, 1.165) is 18.4 Å². The Labute approximate surface area is 189 Å². The van der Waals surface area contributed by atoms with Gasteiger partial charge in [0.2, 0.25) is 5.91 Å². The van der Waals surface area contributed by atoms with Gasteiger partial charge in [-0.05, 0) is 74.4 Å². The fourth-order valence-corrected chi connectivity index (χ4v) is 4.73. The minimum atomic E-state index is -0.372. The molecule has 1 unspecified atom stereocenters. The first kappa shape index (κ1) is 22.5. The van der Waals surface area contributed by atoms with Gasteiger partial charge in [-0.25, -0.2) is 4.39 Å². The molecule has 4 rings (SSSR count). The second kappa shape index (κ2) is 9.82. The Bertz CT molecular complexity index is 999. The van der Waals surface area contributed by atoms with Crippen molar-refractivity contribution in [2.45, 2.75) is 45.6 Å². The zero-order valence-corrected chi connectivity index (χ0v) is 19.0. The van der Waals surface area contributed by atoms with Gasteiger partial charge in [0.15, 0.2) is 5.78 Å². The van der Waals surface area contributed by atoms with Gasteiger partial charge in [-0.15, -0.1) is 0 Å². The molecule has 1 amide bonds. The van der Waals surface area contributed by atoms with E-state index in [1.54, 1.807) is 12.1 Å². The minimum Gasteiger partial charge on any atom is -0.367 e. The van der Waals surface area contributed by atoms with Crippen LogP contribution in [0.5, 0.6) is 0 Å². The van der Waals surface area contributed by atoms with Gasteiger partial charge in [-0.3, -0.25) is 14.5 Å². The van der Waals surface area contributed by atoms with Gasteiger partial charge in [0.1, 0.15) is 5.82 Å². The Kier molecular flexibility index (Phi) is 6.89. The maximum Gasteiger partial charge on any atom is 0.234 e. The van der Waals surface area contributed by atoms with Crippen LogP contribution in [-0.4, -0.2) is 49.3 Å². The van der Waals surface area contributed by atoms with Crippen LogP contribution in [0.3, 0.4) is 0 Å². The zero-order chi connectivity index (χ0) is 22.7. The molecule has 6 heteroatoms. The Morgan fingerprint density at radius 2 is 1.72 bits per heavy atom. The van der Waals surface area contributed by atoms with Gasteiger partial charge >= 0.3 is 0 Å². The number of fused-ring (bicyclic) bond motifs is 1. The number of hydrogen-bond acceptors (Lipinski definition) is 4. The smallest absolute Gasteiger partial charge is 0.234 e. The third-order valence-corrected chi connectivity index (χ3v) is 6.68. The van der Waals surface area contributed by atoms with Crippen molar-refractivity contribution in [3.8, 4) is 0 Å². The van der Waals surface area contributed by atoms with Crippen molar-refractivity contribution in [1.82, 2.24) is 10.2 Å². The minimum absolute atomic E-state index is 0.0145. The number of rotatable bonds is 6. The molecule has 1 aliphatic carbocycles. The summed E-state index contributed by atoms with van der Waals surface area (Å²) >= 11 is 0. The summed E-state index contributed by atoms with van der Waals surface area (Å²) in [5.41, 5.74) is 4.93. The highest BCUT2D eigenvalue weighted by Gasteiger charge is 2.22. The molecule has 1 saturated heterocycles. The molecule has 1 N–H and O–H groups in total. The van der Waals surface area contributed by atoms with Gasteiger partial charge in [0.05, 0.1) is 18.3 Å². The quantitative estimate of drug-likeness (QED) is 0.697. The van der Waals surface area contributed by atoms with E-state index in [2.05, 4.69) is 28.4 Å². The lowest BCUT2D eigenvalue weighted by molar-refractivity contribution is -0.123. The summed E-state index contributed by atoms with van der Waals surface area (Å²) in [6, 6.07) is 11.2. The van der Waals surface area contributed by atoms with Crippen molar-refractivity contribution in [2.75, 3.05) is 37.6 Å². The van der Waals surface area contributed by atoms with E-state index in [-0.39, 0.29) is 23.5 Å². The standard InChI is InChI=1S/C26H32FN3O2/c1-18(21-8-7-20-5-3-4-6-23(20)15-21)28-26(32)17-29-11-13-30(14-12-29)25-10-9-22(19(2)31)16-24(25)27/h7-10,15-16,18H,3-6,11-14,17H2,1-2H3,(H,28,32). The summed E-state index contributed by atoms with van der Waals surface area (Å²) in [5.74, 6) is -0.501. The van der Waals surface area contributed by atoms with Crippen LogP contribution >= 0.6 is 0 Å². The summed E-state index contributed by atoms with van der Waals surface area (Å²) in [4.78, 5) is 28.1. The third kappa shape index (κ3) is 5.18. The first-order valence-electron chi connectivity index (χ1n) is 11.6. The average molecular weight is 438 g/mol. The second-order valence-electron chi connectivity index (χ2n) is 9.01. The monoisotopic (exact) mass is 437 g/mol. The summed E-state index contributed by atoms with van der Waals surface area (Å²) in [6.07, 6.45) is 4.80. The van der Waals surface area contributed by atoms with E-state index in [0.29, 0.717) is 44.0 Å². The molecular weight excluding hydrogens is 405 g/mol. The number of halogens is 1. The number of anilines is 1. The first-order valence-corrected chi connectivity index (χ1v) is 11.6. The van der Waals surface area contributed by atoms with Gasteiger partial charge in [-0.1, -0.05) is 18.2 Å². The SMILES string of the molecule is CC(=O)c1ccc(N2CCN(CC(=O)NC(C)c3ccc4c(c3)CCCC4)CC2)c(F)c1. The highest BCUT2D eigenvalue weighted by Crippen LogP contribution is 2.25. The molecule has 2 aliphatic rings. The molecule has 170 valence electrons. The van der Waals surface area contributed by atoms with Gasteiger partial charge in [0, 0.05) is 31.7 Å². The normalized spacial score (nSPS) is 17.5. The molecule has 32 heavy (non-hydrogen) atoms. The lowest BCUT2D eigenvalue weighted by Crippen LogP contribution is -2.50. The fourth-order valence-electron chi connectivity index (χ4n) is 4.73. The van der Waals surface area contributed by atoms with E-state index in [1.807, 2.05) is 11.8 Å². The van der Waals surface area contributed by atoms with E-state index in [4.69, 9.17) is 0 Å². The number of carbonyl (C=O) groups excluding carboxylic acids is 2. The van der Waals surface area contributed by atoms with E-state index < -0.39 is 0 Å². The number of nitrogens with one attached hydrogen (secondary N) is 1. The molecule has 5 nitrogen and oxygen atoms in total. The number of Topliss-reactive ketones (excluding diaryl/α,β-unsaturated/α-hetero) is 1. The predicted molar refractivity (Wildman–Crippen MR) is 125 cm³/mol. The number of piperazine rings is 1. The van der Waals surface area contributed by atoms with E-state index in [9.17, 15) is 14.0 Å². The van der Waals surface area contributed by atoms with Crippen LogP contribution in [0.4, 0.5) is 10.1 Å². The molecule has 2 aromatic rings. The predicted octanol–water partition coefficient (Wildman–Crippen LogP) is 3.91. The van der Waals surface area contributed by atoms with Crippen molar-refractivity contribution in [2.24, 2.45) is 0 Å². The molecule has 0 saturated carbocycles. The fraction of sp³-hybridized carbons (Fsp3) is 0.462. The molecule has 0 spiro atoms. The van der Waals surface area contributed by atoms with Crippen molar-refractivity contribution in [3.05, 3.63) is 64.5 Å². The number of benzene rings is 2. The highest BCUT2D eigenvalue weighted by molar-refractivity contribution is 5.94. The summed E-state index contributed by atoms with van der Waals surface area (Å²) in [5, 5.41) is 3.13. The van der Waals surface area contributed by atoms with Crippen LogP contribution in [-0.2, 0) is 17.6 Å². The molecule has 0 bridgehead atoms. The molecule has 0 aromatic heterocycles. The molecule has 2 aromatic carbocycles. The van der Waals surface area contributed by atoms with Gasteiger partial charge < -0.3 is 10.2 Å². The maximum atomic E-state index is 14.4. The average Bonchev–Trinajstić information content (AvgIpc) is 2.79. The van der Waals surface area contributed by atoms with Crippen molar-refractivity contribution in [3.63, 3.8) is 0 Å². The molecule has 1 heterocycles. The van der Waals surface area contributed by atoms with Gasteiger partial charge in [0.25, 0.3) is 0 Å². The van der Waals surface area contributed by atoms with Gasteiger partial charge in [-0.2, -0.15) is 0 Å². The van der Waals surface area contributed by atoms with Crippen LogP contribution in [0.25, 0.3) is 0 Å². The number of nitrogens with zero attached hydrogens (tertiary/aromatic N) is 2. The molecule has 1 aliphatic heterocycles. The summed E-state index contributed by atoms with van der Waals surface area (Å²) in [7, 11) is 0. The summed E-state index contributed by atoms with van der Waals surface area (Å²) in [6.45, 7) is 6.48. The molecule has 0 radical (unpaired) electrons. The second-order valence-corrected chi connectivity index (χ2v) is 9.01. The maximum absolute atomic E-state index is 14.4. The molecular formula is C26H32FN3O2. The van der Waals surface area contributed by atoms with Crippen molar-refractivity contribution in [1.29, 1.82) is 0 Å². The highest BCUT2D eigenvalue weighted by atomic mass is 19.1. The van der Waals surface area contributed by atoms with E-state index in [1.165, 1.54) is 37.0 Å². The zero-order valence-electron chi connectivity index (χ0n) is 19.0. The number of amides is 1. The Balaban J connectivity index is 1.28. The summed E-state index contributed by atoms with van der Waals surface area (Å²) < 4.78 is 14.4. The van der Waals surface area contributed by atoms with Crippen molar-refractivity contribution >= 4 is 17.4 Å². The van der Waals surface area contributed by atoms with Crippen LogP contribution in [0, 0.1) is 5.82 Å². The van der Waals surface area contributed by atoms with Crippen LogP contribution in [0.2, 0.25) is 0 Å². The number of hydrogen-bond donors (Lipinski definition) is 1. The first-order chi connectivity index (χ1) is 15.4. The van der Waals surface area contributed by atoms with Crippen LogP contribution in [0.15, 0.2) is 36.4 Å². The van der Waals surface area contributed by atoms with E-state index >= 15 is 0 Å². The Morgan fingerprint density at radius 1 is 1.00 bits per heavy atom. The molecule has 1 atom stereocenters. The Morgan fingerprint density at radius 3 is 2.41 bits per heavy atom. The van der Waals surface area contributed by atoms with Crippen LogP contribution < -0.4 is 10.2 Å². The lowest BCUT2D eigenvalue weighted by Gasteiger charge is -2.36.